The van der Waals surface area contributed by atoms with Crippen LogP contribution < -0.4 is 14.2 Å². The van der Waals surface area contributed by atoms with Gasteiger partial charge < -0.3 is 14.2 Å². The second kappa shape index (κ2) is 7.51. The van der Waals surface area contributed by atoms with Crippen molar-refractivity contribution in [3.63, 3.8) is 0 Å². The molecule has 0 atom stereocenters. The third kappa shape index (κ3) is 3.29. The SMILES string of the molecule is COc1cc(-n2nc(C)c3ccc(-c4ccc(C)cc4)cc32)cc(OC)c1OC. The highest BCUT2D eigenvalue weighted by Crippen LogP contribution is 2.40. The smallest absolute Gasteiger partial charge is 0.203 e. The van der Waals surface area contributed by atoms with Crippen LogP contribution in [0.4, 0.5) is 0 Å². The number of fused-ring (bicyclic) bond motifs is 1. The highest BCUT2D eigenvalue weighted by atomic mass is 16.5. The van der Waals surface area contributed by atoms with E-state index in [1.165, 1.54) is 11.1 Å². The first-order valence-electron chi connectivity index (χ1n) is 9.42. The van der Waals surface area contributed by atoms with E-state index < -0.39 is 0 Å². The van der Waals surface area contributed by atoms with Crippen LogP contribution >= 0.6 is 0 Å². The first-order valence-corrected chi connectivity index (χ1v) is 9.42. The number of aromatic nitrogens is 2. The van der Waals surface area contributed by atoms with Gasteiger partial charge in [-0.05, 0) is 31.0 Å². The summed E-state index contributed by atoms with van der Waals surface area (Å²) in [5.41, 5.74) is 6.39. The van der Waals surface area contributed by atoms with E-state index in [0.717, 1.165) is 27.8 Å². The average molecular weight is 388 g/mol. The van der Waals surface area contributed by atoms with Crippen molar-refractivity contribution in [1.82, 2.24) is 9.78 Å². The summed E-state index contributed by atoms with van der Waals surface area (Å²) in [7, 11) is 4.83. The van der Waals surface area contributed by atoms with Crippen molar-refractivity contribution in [2.45, 2.75) is 13.8 Å². The van der Waals surface area contributed by atoms with E-state index in [0.29, 0.717) is 17.2 Å². The van der Waals surface area contributed by atoms with Crippen molar-refractivity contribution in [3.8, 4) is 34.1 Å². The lowest BCUT2D eigenvalue weighted by Crippen LogP contribution is -2.01. The number of ether oxygens (including phenoxy) is 3. The van der Waals surface area contributed by atoms with Gasteiger partial charge in [0.2, 0.25) is 5.75 Å². The second-order valence-corrected chi connectivity index (χ2v) is 6.98. The van der Waals surface area contributed by atoms with E-state index in [1.807, 2.05) is 23.7 Å². The molecule has 4 rings (SSSR count). The summed E-state index contributed by atoms with van der Waals surface area (Å²) in [6.45, 7) is 4.11. The van der Waals surface area contributed by atoms with Crippen LogP contribution in [-0.4, -0.2) is 31.1 Å². The van der Waals surface area contributed by atoms with Gasteiger partial charge in [0.25, 0.3) is 0 Å². The van der Waals surface area contributed by atoms with Crippen LogP contribution in [0.25, 0.3) is 27.7 Å². The summed E-state index contributed by atoms with van der Waals surface area (Å²) in [4.78, 5) is 0. The Balaban J connectivity index is 1.92. The fourth-order valence-corrected chi connectivity index (χ4v) is 3.58. The van der Waals surface area contributed by atoms with Gasteiger partial charge in [-0.2, -0.15) is 5.10 Å². The van der Waals surface area contributed by atoms with E-state index in [1.54, 1.807) is 21.3 Å². The van der Waals surface area contributed by atoms with E-state index in [-0.39, 0.29) is 0 Å². The molecular weight excluding hydrogens is 364 g/mol. The lowest BCUT2D eigenvalue weighted by Gasteiger charge is -2.14. The Bertz CT molecular complexity index is 1150. The van der Waals surface area contributed by atoms with Crippen LogP contribution in [-0.2, 0) is 0 Å². The molecule has 0 fully saturated rings. The first-order chi connectivity index (χ1) is 14.0. The molecule has 29 heavy (non-hydrogen) atoms. The Labute approximate surface area is 170 Å². The van der Waals surface area contributed by atoms with Crippen LogP contribution in [0, 0.1) is 13.8 Å². The van der Waals surface area contributed by atoms with Crippen LogP contribution in [0.15, 0.2) is 54.6 Å². The van der Waals surface area contributed by atoms with Crippen LogP contribution in [0.2, 0.25) is 0 Å². The molecule has 0 saturated carbocycles. The van der Waals surface area contributed by atoms with Crippen LogP contribution in [0.1, 0.15) is 11.3 Å². The van der Waals surface area contributed by atoms with Crippen molar-refractivity contribution in [2.24, 2.45) is 0 Å². The van der Waals surface area contributed by atoms with E-state index >= 15 is 0 Å². The molecule has 0 radical (unpaired) electrons. The number of methoxy groups -OCH3 is 3. The number of nitrogens with zero attached hydrogens (tertiary/aromatic N) is 2. The third-order valence-corrected chi connectivity index (χ3v) is 5.14. The van der Waals surface area contributed by atoms with E-state index in [2.05, 4.69) is 49.4 Å². The Morgan fingerprint density at radius 2 is 1.34 bits per heavy atom. The standard InChI is InChI=1S/C24H24N2O3/c1-15-6-8-17(9-7-15)18-10-11-20-16(2)25-26(21(20)12-18)19-13-22(27-3)24(29-5)23(14-19)28-4/h6-14H,1-5H3. The van der Waals surface area contributed by atoms with Gasteiger partial charge in [-0.1, -0.05) is 42.0 Å². The normalized spacial score (nSPS) is 10.9. The molecule has 0 amide bonds. The predicted molar refractivity (Wildman–Crippen MR) is 116 cm³/mol. The molecule has 148 valence electrons. The lowest BCUT2D eigenvalue weighted by molar-refractivity contribution is 0.324. The zero-order chi connectivity index (χ0) is 20.5. The molecule has 0 N–H and O–H groups in total. The van der Waals surface area contributed by atoms with Crippen molar-refractivity contribution in [2.75, 3.05) is 21.3 Å². The molecule has 1 heterocycles. The highest BCUT2D eigenvalue weighted by Gasteiger charge is 2.17. The Kier molecular flexibility index (Phi) is 4.89. The fourth-order valence-electron chi connectivity index (χ4n) is 3.58. The quantitative estimate of drug-likeness (QED) is 0.463. The predicted octanol–water partition coefficient (Wildman–Crippen LogP) is 5.34. The molecular formula is C24H24N2O3. The van der Waals surface area contributed by atoms with Gasteiger partial charge in [-0.25, -0.2) is 4.68 Å². The highest BCUT2D eigenvalue weighted by molar-refractivity contribution is 5.88. The maximum atomic E-state index is 5.52. The Hall–Kier alpha value is -3.47. The van der Waals surface area contributed by atoms with Gasteiger partial charge in [0.1, 0.15) is 0 Å². The molecule has 5 heteroatoms. The largest absolute Gasteiger partial charge is 0.493 e. The first kappa shape index (κ1) is 18.9. The zero-order valence-corrected chi connectivity index (χ0v) is 17.3. The van der Waals surface area contributed by atoms with Gasteiger partial charge in [0, 0.05) is 17.5 Å². The maximum Gasteiger partial charge on any atom is 0.203 e. The zero-order valence-electron chi connectivity index (χ0n) is 17.3. The van der Waals surface area contributed by atoms with Gasteiger partial charge in [-0.15, -0.1) is 0 Å². The molecule has 0 aliphatic heterocycles. The summed E-state index contributed by atoms with van der Waals surface area (Å²) in [5.74, 6) is 1.75. The molecule has 0 aliphatic carbocycles. The molecule has 1 aromatic heterocycles. The molecule has 0 aliphatic rings. The van der Waals surface area contributed by atoms with Crippen LogP contribution in [0.5, 0.6) is 17.2 Å². The Morgan fingerprint density at radius 1 is 0.724 bits per heavy atom. The van der Waals surface area contributed by atoms with Crippen molar-refractivity contribution in [3.05, 3.63) is 65.9 Å². The molecule has 5 nitrogen and oxygen atoms in total. The number of benzene rings is 3. The number of hydrogen-bond acceptors (Lipinski definition) is 4. The topological polar surface area (TPSA) is 45.5 Å². The van der Waals surface area contributed by atoms with Gasteiger partial charge >= 0.3 is 0 Å². The minimum absolute atomic E-state index is 0.562. The molecule has 0 unspecified atom stereocenters. The van der Waals surface area contributed by atoms with Crippen LogP contribution in [0.3, 0.4) is 0 Å². The van der Waals surface area contributed by atoms with Crippen molar-refractivity contribution >= 4 is 10.9 Å². The molecule has 0 spiro atoms. The molecule has 0 bridgehead atoms. The van der Waals surface area contributed by atoms with Gasteiger partial charge in [-0.3, -0.25) is 0 Å². The van der Waals surface area contributed by atoms with Gasteiger partial charge in [0.15, 0.2) is 11.5 Å². The van der Waals surface area contributed by atoms with Gasteiger partial charge in [0.05, 0.1) is 38.2 Å². The average Bonchev–Trinajstić information content (AvgIpc) is 3.09. The lowest BCUT2D eigenvalue weighted by atomic mass is 10.0. The summed E-state index contributed by atoms with van der Waals surface area (Å²) in [6.07, 6.45) is 0. The number of hydrogen-bond donors (Lipinski definition) is 0. The monoisotopic (exact) mass is 388 g/mol. The summed E-state index contributed by atoms with van der Waals surface area (Å²) >= 11 is 0. The summed E-state index contributed by atoms with van der Waals surface area (Å²) in [6, 6.07) is 18.8. The Morgan fingerprint density at radius 3 is 1.93 bits per heavy atom. The van der Waals surface area contributed by atoms with E-state index in [4.69, 9.17) is 19.3 Å². The minimum Gasteiger partial charge on any atom is -0.493 e. The molecule has 3 aromatic carbocycles. The second-order valence-electron chi connectivity index (χ2n) is 6.98. The minimum atomic E-state index is 0.562. The summed E-state index contributed by atoms with van der Waals surface area (Å²) < 4.78 is 18.4. The number of aryl methyl sites for hydroxylation is 2. The van der Waals surface area contributed by atoms with E-state index in [9.17, 15) is 0 Å². The van der Waals surface area contributed by atoms with Crippen molar-refractivity contribution < 1.29 is 14.2 Å². The fraction of sp³-hybridized carbons (Fsp3) is 0.208. The molecule has 4 aromatic rings. The molecule has 0 saturated heterocycles. The third-order valence-electron chi connectivity index (χ3n) is 5.14. The van der Waals surface area contributed by atoms with Crippen molar-refractivity contribution in [1.29, 1.82) is 0 Å². The maximum absolute atomic E-state index is 5.52. The number of rotatable bonds is 5. The summed E-state index contributed by atoms with van der Waals surface area (Å²) in [5, 5.41) is 5.89.